The van der Waals surface area contributed by atoms with E-state index in [4.69, 9.17) is 14.2 Å². The van der Waals surface area contributed by atoms with Gasteiger partial charge in [0.1, 0.15) is 0 Å². The molecule has 5 heteroatoms. The molecular weight excluding hydrogens is 378 g/mol. The van der Waals surface area contributed by atoms with E-state index in [0.29, 0.717) is 30.2 Å². The second-order valence-corrected chi connectivity index (χ2v) is 8.91. The topological polar surface area (TPSA) is 56.8 Å². The number of amides is 1. The summed E-state index contributed by atoms with van der Waals surface area (Å²) in [6.07, 6.45) is 2.44. The fraction of sp³-hybridized carbons (Fsp3) is 0.480. The van der Waals surface area contributed by atoms with E-state index in [2.05, 4.69) is 50.4 Å². The Labute approximate surface area is 179 Å². The lowest BCUT2D eigenvalue weighted by Crippen LogP contribution is -2.36. The fourth-order valence-electron chi connectivity index (χ4n) is 3.90. The van der Waals surface area contributed by atoms with Gasteiger partial charge < -0.3 is 19.5 Å². The van der Waals surface area contributed by atoms with Crippen LogP contribution in [0.15, 0.2) is 36.4 Å². The van der Waals surface area contributed by atoms with E-state index in [-0.39, 0.29) is 16.7 Å². The van der Waals surface area contributed by atoms with Gasteiger partial charge in [-0.05, 0) is 41.9 Å². The molecular formula is C25H33NO4. The van der Waals surface area contributed by atoms with E-state index in [1.54, 1.807) is 21.3 Å². The molecule has 30 heavy (non-hydrogen) atoms. The number of nitrogens with one attached hydrogen (secondary N) is 1. The molecule has 0 unspecified atom stereocenters. The molecule has 0 bridgehead atoms. The molecule has 1 aliphatic rings. The van der Waals surface area contributed by atoms with Crippen molar-refractivity contribution in [2.24, 2.45) is 0 Å². The van der Waals surface area contributed by atoms with E-state index >= 15 is 0 Å². The van der Waals surface area contributed by atoms with Crippen LogP contribution in [-0.2, 0) is 22.0 Å². The van der Waals surface area contributed by atoms with E-state index in [0.717, 1.165) is 24.0 Å². The second kappa shape index (κ2) is 8.58. The SMILES string of the molecule is COc1ccc(CCNC(=O)C2(c3ccc(C(C)(C)C)cc3)CC2)c(OC)c1OC. The summed E-state index contributed by atoms with van der Waals surface area (Å²) < 4.78 is 16.3. The van der Waals surface area contributed by atoms with Crippen molar-refractivity contribution < 1.29 is 19.0 Å². The van der Waals surface area contributed by atoms with Crippen molar-refractivity contribution in [2.45, 2.75) is 50.9 Å². The summed E-state index contributed by atoms with van der Waals surface area (Å²) in [5.74, 6) is 1.94. The first kappa shape index (κ1) is 22.0. The number of carbonyl (C=O) groups excluding carboxylic acids is 1. The zero-order valence-corrected chi connectivity index (χ0v) is 18.9. The summed E-state index contributed by atoms with van der Waals surface area (Å²) in [6.45, 7) is 7.13. The summed E-state index contributed by atoms with van der Waals surface area (Å²) in [5, 5.41) is 3.13. The zero-order chi connectivity index (χ0) is 21.9. The standard InChI is InChI=1S/C25H33NO4/c1-24(2,3)18-8-10-19(11-9-18)25(14-15-25)23(27)26-16-13-17-7-12-20(28-4)22(30-6)21(17)29-5/h7-12H,13-16H2,1-6H3,(H,26,27). The Balaban J connectivity index is 1.66. The van der Waals surface area contributed by atoms with Crippen molar-refractivity contribution in [3.63, 3.8) is 0 Å². The van der Waals surface area contributed by atoms with E-state index < -0.39 is 0 Å². The van der Waals surface area contributed by atoms with Gasteiger partial charge in [0.2, 0.25) is 11.7 Å². The van der Waals surface area contributed by atoms with E-state index in [9.17, 15) is 4.79 Å². The van der Waals surface area contributed by atoms with Crippen molar-refractivity contribution >= 4 is 5.91 Å². The third kappa shape index (κ3) is 4.25. The summed E-state index contributed by atoms with van der Waals surface area (Å²) >= 11 is 0. The molecule has 5 nitrogen and oxygen atoms in total. The van der Waals surface area contributed by atoms with Gasteiger partial charge >= 0.3 is 0 Å². The van der Waals surface area contributed by atoms with Crippen molar-refractivity contribution in [3.8, 4) is 17.2 Å². The Hall–Kier alpha value is -2.69. The predicted octanol–water partition coefficient (Wildman–Crippen LogP) is 4.40. The normalized spacial score (nSPS) is 14.7. The lowest BCUT2D eigenvalue weighted by molar-refractivity contribution is -0.123. The van der Waals surface area contributed by atoms with Gasteiger partial charge in [0.05, 0.1) is 26.7 Å². The molecule has 0 radical (unpaired) electrons. The smallest absolute Gasteiger partial charge is 0.230 e. The van der Waals surface area contributed by atoms with Crippen LogP contribution < -0.4 is 19.5 Å². The molecule has 2 aromatic carbocycles. The number of rotatable bonds is 8. The molecule has 1 saturated carbocycles. The minimum Gasteiger partial charge on any atom is -0.493 e. The van der Waals surface area contributed by atoms with Crippen LogP contribution in [0.3, 0.4) is 0 Å². The first-order valence-electron chi connectivity index (χ1n) is 10.4. The highest BCUT2D eigenvalue weighted by molar-refractivity contribution is 5.91. The van der Waals surface area contributed by atoms with Crippen LogP contribution >= 0.6 is 0 Å². The number of methoxy groups -OCH3 is 3. The lowest BCUT2D eigenvalue weighted by atomic mass is 9.85. The summed E-state index contributed by atoms with van der Waals surface area (Å²) in [4.78, 5) is 13.0. The molecule has 0 aliphatic heterocycles. The maximum Gasteiger partial charge on any atom is 0.230 e. The molecule has 1 fully saturated rings. The molecule has 0 heterocycles. The average Bonchev–Trinajstić information content (AvgIpc) is 3.54. The zero-order valence-electron chi connectivity index (χ0n) is 18.9. The van der Waals surface area contributed by atoms with Gasteiger partial charge in [-0.2, -0.15) is 0 Å². The van der Waals surface area contributed by atoms with Crippen LogP contribution in [0.1, 0.15) is 50.3 Å². The maximum absolute atomic E-state index is 13.0. The Morgan fingerprint density at radius 3 is 2.07 bits per heavy atom. The first-order chi connectivity index (χ1) is 14.3. The van der Waals surface area contributed by atoms with Crippen LogP contribution in [0.4, 0.5) is 0 Å². The van der Waals surface area contributed by atoms with Crippen molar-refractivity contribution in [3.05, 3.63) is 53.1 Å². The highest BCUT2D eigenvalue weighted by atomic mass is 16.5. The molecule has 1 amide bonds. The molecule has 0 atom stereocenters. The van der Waals surface area contributed by atoms with E-state index in [1.807, 2.05) is 12.1 Å². The highest BCUT2D eigenvalue weighted by Crippen LogP contribution is 2.48. The Morgan fingerprint density at radius 2 is 1.57 bits per heavy atom. The van der Waals surface area contributed by atoms with Crippen molar-refractivity contribution in [2.75, 3.05) is 27.9 Å². The molecule has 1 N–H and O–H groups in total. The van der Waals surface area contributed by atoms with Gasteiger partial charge in [-0.1, -0.05) is 51.1 Å². The fourth-order valence-corrected chi connectivity index (χ4v) is 3.90. The van der Waals surface area contributed by atoms with Crippen LogP contribution in [0, 0.1) is 0 Å². The van der Waals surface area contributed by atoms with Crippen LogP contribution in [-0.4, -0.2) is 33.8 Å². The van der Waals surface area contributed by atoms with Gasteiger partial charge in [0, 0.05) is 12.1 Å². The molecule has 3 rings (SSSR count). The number of hydrogen-bond donors (Lipinski definition) is 1. The summed E-state index contributed by atoms with van der Waals surface area (Å²) in [6, 6.07) is 12.3. The van der Waals surface area contributed by atoms with Crippen LogP contribution in [0.5, 0.6) is 17.2 Å². The molecule has 2 aromatic rings. The monoisotopic (exact) mass is 411 g/mol. The quantitative estimate of drug-likeness (QED) is 0.699. The number of hydrogen-bond acceptors (Lipinski definition) is 4. The molecule has 0 spiro atoms. The third-order valence-electron chi connectivity index (χ3n) is 5.95. The molecule has 0 aromatic heterocycles. The number of carbonyl (C=O) groups is 1. The maximum atomic E-state index is 13.0. The Kier molecular flexibility index (Phi) is 6.30. The summed E-state index contributed by atoms with van der Waals surface area (Å²) in [5.41, 5.74) is 3.09. The van der Waals surface area contributed by atoms with Gasteiger partial charge in [-0.15, -0.1) is 0 Å². The van der Waals surface area contributed by atoms with Gasteiger partial charge in [0.15, 0.2) is 11.5 Å². The van der Waals surface area contributed by atoms with Crippen molar-refractivity contribution in [1.29, 1.82) is 0 Å². The highest BCUT2D eigenvalue weighted by Gasteiger charge is 2.51. The molecule has 162 valence electrons. The third-order valence-corrected chi connectivity index (χ3v) is 5.95. The molecule has 0 saturated heterocycles. The van der Waals surface area contributed by atoms with Crippen LogP contribution in [0.25, 0.3) is 0 Å². The summed E-state index contributed by atoms with van der Waals surface area (Å²) in [7, 11) is 4.80. The number of benzene rings is 2. The van der Waals surface area contributed by atoms with Crippen LogP contribution in [0.2, 0.25) is 0 Å². The Bertz CT molecular complexity index is 893. The predicted molar refractivity (Wildman–Crippen MR) is 119 cm³/mol. The second-order valence-electron chi connectivity index (χ2n) is 8.91. The minimum absolute atomic E-state index is 0.102. The first-order valence-corrected chi connectivity index (χ1v) is 10.4. The minimum atomic E-state index is -0.377. The largest absolute Gasteiger partial charge is 0.493 e. The van der Waals surface area contributed by atoms with Gasteiger partial charge in [-0.3, -0.25) is 4.79 Å². The number of ether oxygens (including phenoxy) is 3. The average molecular weight is 412 g/mol. The van der Waals surface area contributed by atoms with Crippen molar-refractivity contribution in [1.82, 2.24) is 5.32 Å². The van der Waals surface area contributed by atoms with Gasteiger partial charge in [0.25, 0.3) is 0 Å². The molecule has 1 aliphatic carbocycles. The lowest BCUT2D eigenvalue weighted by Gasteiger charge is -2.21. The Morgan fingerprint density at radius 1 is 0.933 bits per heavy atom. The van der Waals surface area contributed by atoms with Gasteiger partial charge in [-0.25, -0.2) is 0 Å². The van der Waals surface area contributed by atoms with E-state index in [1.165, 1.54) is 5.56 Å².